The van der Waals surface area contributed by atoms with E-state index in [2.05, 4.69) is 5.32 Å². The molecule has 0 unspecified atom stereocenters. The molecular formula is C31H37Cl2N3O5S2. The number of para-hydroxylation sites is 2. The molecule has 0 heterocycles. The highest BCUT2D eigenvalue weighted by atomic mass is 35.5. The average Bonchev–Trinajstić information content (AvgIpc) is 2.99. The molecule has 0 radical (unpaired) electrons. The fourth-order valence-corrected chi connectivity index (χ4v) is 6.58. The van der Waals surface area contributed by atoms with Gasteiger partial charge in [-0.25, -0.2) is 8.42 Å². The quantitative estimate of drug-likeness (QED) is 0.194. The molecule has 3 aromatic rings. The Morgan fingerprint density at radius 1 is 0.953 bits per heavy atom. The molecule has 0 spiro atoms. The van der Waals surface area contributed by atoms with Crippen molar-refractivity contribution in [1.29, 1.82) is 0 Å². The molecule has 3 aromatic carbocycles. The van der Waals surface area contributed by atoms with Gasteiger partial charge in [0.1, 0.15) is 18.3 Å². The van der Waals surface area contributed by atoms with E-state index in [9.17, 15) is 18.0 Å². The number of carbonyl (C=O) groups excluding carboxylic acids is 2. The fourth-order valence-electron chi connectivity index (χ4n) is 4.23. The van der Waals surface area contributed by atoms with Crippen LogP contribution in [0.15, 0.2) is 76.5 Å². The highest BCUT2D eigenvalue weighted by Crippen LogP contribution is 2.34. The number of thioether (sulfide) groups is 1. The number of sulfonamides is 1. The SMILES string of the molecule is CCOc1ccccc1N(CC(=O)N(Cc1c(Cl)cccc1Cl)[C@H](C)C(=O)N[C@H](C)CC)S(=O)(=O)c1ccc(SC)cc1. The molecule has 8 nitrogen and oxygen atoms in total. The summed E-state index contributed by atoms with van der Waals surface area (Å²) in [7, 11) is -4.26. The van der Waals surface area contributed by atoms with Crippen molar-refractivity contribution in [2.75, 3.05) is 23.7 Å². The summed E-state index contributed by atoms with van der Waals surface area (Å²) < 4.78 is 35.1. The van der Waals surface area contributed by atoms with Crippen LogP contribution in [-0.4, -0.2) is 56.6 Å². The molecule has 0 bridgehead atoms. The molecular weight excluding hydrogens is 629 g/mol. The number of amides is 2. The average molecular weight is 667 g/mol. The van der Waals surface area contributed by atoms with Gasteiger partial charge in [-0.2, -0.15) is 0 Å². The van der Waals surface area contributed by atoms with Crippen molar-refractivity contribution < 1.29 is 22.7 Å². The van der Waals surface area contributed by atoms with Gasteiger partial charge < -0.3 is 15.0 Å². The topological polar surface area (TPSA) is 96.0 Å². The Kier molecular flexibility index (Phi) is 12.6. The molecule has 0 aromatic heterocycles. The Labute approximate surface area is 268 Å². The monoisotopic (exact) mass is 665 g/mol. The lowest BCUT2D eigenvalue weighted by Gasteiger charge is -2.33. The summed E-state index contributed by atoms with van der Waals surface area (Å²) in [5.41, 5.74) is 0.637. The maximum atomic E-state index is 14.2. The summed E-state index contributed by atoms with van der Waals surface area (Å²) in [5, 5.41) is 3.54. The van der Waals surface area contributed by atoms with Crippen molar-refractivity contribution in [1.82, 2.24) is 10.2 Å². The molecule has 232 valence electrons. The lowest BCUT2D eigenvalue weighted by molar-refractivity contribution is -0.139. The largest absolute Gasteiger partial charge is 0.492 e. The predicted molar refractivity (Wildman–Crippen MR) is 175 cm³/mol. The van der Waals surface area contributed by atoms with Crippen molar-refractivity contribution in [3.8, 4) is 5.75 Å². The van der Waals surface area contributed by atoms with Gasteiger partial charge in [0.2, 0.25) is 11.8 Å². The second-order valence-electron chi connectivity index (χ2n) is 9.80. The maximum absolute atomic E-state index is 14.2. The van der Waals surface area contributed by atoms with Crippen LogP contribution in [0.1, 0.15) is 39.7 Å². The van der Waals surface area contributed by atoms with Gasteiger partial charge in [0, 0.05) is 33.1 Å². The summed E-state index contributed by atoms with van der Waals surface area (Å²) in [6.07, 6.45) is 2.59. The van der Waals surface area contributed by atoms with Crippen LogP contribution in [0.2, 0.25) is 10.0 Å². The summed E-state index contributed by atoms with van der Waals surface area (Å²) in [5.74, 6) is -0.716. The molecule has 12 heteroatoms. The van der Waals surface area contributed by atoms with Gasteiger partial charge >= 0.3 is 0 Å². The van der Waals surface area contributed by atoms with E-state index in [-0.39, 0.29) is 35.7 Å². The number of rotatable bonds is 14. The number of hydrogen-bond acceptors (Lipinski definition) is 6. The zero-order valence-corrected chi connectivity index (χ0v) is 28.0. The molecule has 0 fully saturated rings. The fraction of sp³-hybridized carbons (Fsp3) is 0.355. The van der Waals surface area contributed by atoms with E-state index in [0.717, 1.165) is 9.20 Å². The van der Waals surface area contributed by atoms with Gasteiger partial charge in [-0.15, -0.1) is 11.8 Å². The van der Waals surface area contributed by atoms with Crippen LogP contribution in [-0.2, 0) is 26.2 Å². The van der Waals surface area contributed by atoms with E-state index in [4.69, 9.17) is 27.9 Å². The highest BCUT2D eigenvalue weighted by molar-refractivity contribution is 7.98. The van der Waals surface area contributed by atoms with E-state index < -0.39 is 28.5 Å². The Morgan fingerprint density at radius 2 is 1.58 bits per heavy atom. The second-order valence-corrected chi connectivity index (χ2v) is 13.4. The number of nitrogens with one attached hydrogen (secondary N) is 1. The zero-order chi connectivity index (χ0) is 31.7. The number of carbonyl (C=O) groups is 2. The van der Waals surface area contributed by atoms with Gasteiger partial charge in [-0.3, -0.25) is 13.9 Å². The second kappa shape index (κ2) is 15.7. The van der Waals surface area contributed by atoms with E-state index in [1.165, 1.54) is 28.8 Å². The zero-order valence-electron chi connectivity index (χ0n) is 24.8. The molecule has 0 saturated carbocycles. The predicted octanol–water partition coefficient (Wildman–Crippen LogP) is 6.64. The Morgan fingerprint density at radius 3 is 2.16 bits per heavy atom. The number of ether oxygens (including phenoxy) is 1. The molecule has 43 heavy (non-hydrogen) atoms. The van der Waals surface area contributed by atoms with Crippen LogP contribution in [0.3, 0.4) is 0 Å². The minimum absolute atomic E-state index is 0.00709. The third-order valence-corrected chi connectivity index (χ3v) is 10.1. The van der Waals surface area contributed by atoms with Crippen LogP contribution in [0.25, 0.3) is 0 Å². The third kappa shape index (κ3) is 8.59. The van der Waals surface area contributed by atoms with Crippen LogP contribution >= 0.6 is 35.0 Å². The van der Waals surface area contributed by atoms with Crippen LogP contribution in [0.5, 0.6) is 5.75 Å². The van der Waals surface area contributed by atoms with Crippen LogP contribution in [0.4, 0.5) is 5.69 Å². The number of hydrogen-bond donors (Lipinski definition) is 1. The lowest BCUT2D eigenvalue weighted by Crippen LogP contribution is -2.52. The Balaban J connectivity index is 2.12. The standard InChI is InChI=1S/C31H37Cl2N3O5S2/c1-6-21(3)34-31(38)22(4)35(19-25-26(32)11-10-12-27(25)33)30(37)20-36(28-13-8-9-14-29(28)41-7-2)43(39,40)24-17-15-23(42-5)16-18-24/h8-18,21-22H,6-7,19-20H2,1-5H3,(H,34,38)/t21-,22-/m1/s1. The van der Waals surface area contributed by atoms with E-state index in [0.29, 0.717) is 27.8 Å². The first kappa shape index (κ1) is 34.6. The van der Waals surface area contributed by atoms with Gasteiger partial charge in [0.25, 0.3) is 10.0 Å². The van der Waals surface area contributed by atoms with Gasteiger partial charge in [-0.1, -0.05) is 48.3 Å². The molecule has 1 N–H and O–H groups in total. The molecule has 3 rings (SSSR count). The highest BCUT2D eigenvalue weighted by Gasteiger charge is 2.34. The molecule has 0 saturated heterocycles. The minimum Gasteiger partial charge on any atom is -0.492 e. The number of benzene rings is 3. The van der Waals surface area contributed by atoms with Crippen molar-refractivity contribution >= 4 is 62.5 Å². The summed E-state index contributed by atoms with van der Waals surface area (Å²) >= 11 is 14.4. The molecule has 0 aliphatic heterocycles. The number of nitrogens with zero attached hydrogens (tertiary/aromatic N) is 2. The van der Waals surface area contributed by atoms with Gasteiger partial charge in [-0.05, 0) is 82.0 Å². The van der Waals surface area contributed by atoms with E-state index >= 15 is 0 Å². The Bertz CT molecular complexity index is 1500. The van der Waals surface area contributed by atoms with Gasteiger partial charge in [0.05, 0.1) is 17.2 Å². The summed E-state index contributed by atoms with van der Waals surface area (Å²) in [4.78, 5) is 29.7. The first-order chi connectivity index (χ1) is 20.4. The molecule has 2 atom stereocenters. The first-order valence-electron chi connectivity index (χ1n) is 13.9. The van der Waals surface area contributed by atoms with Crippen molar-refractivity contribution in [2.45, 2.75) is 62.5 Å². The van der Waals surface area contributed by atoms with Crippen LogP contribution in [0, 0.1) is 0 Å². The number of halogens is 2. The van der Waals surface area contributed by atoms with Gasteiger partial charge in [0.15, 0.2) is 0 Å². The number of anilines is 1. The van der Waals surface area contributed by atoms with E-state index in [1.54, 1.807) is 68.4 Å². The third-order valence-electron chi connectivity index (χ3n) is 6.92. The summed E-state index contributed by atoms with van der Waals surface area (Å²) in [6.45, 7) is 6.74. The Hall–Kier alpha value is -2.92. The summed E-state index contributed by atoms with van der Waals surface area (Å²) in [6, 6.07) is 16.9. The van der Waals surface area contributed by atoms with E-state index in [1.807, 2.05) is 20.1 Å². The van der Waals surface area contributed by atoms with Crippen molar-refractivity contribution in [3.63, 3.8) is 0 Å². The molecule has 2 amide bonds. The first-order valence-corrected chi connectivity index (χ1v) is 17.3. The molecule has 0 aliphatic rings. The normalized spacial score (nSPS) is 12.7. The maximum Gasteiger partial charge on any atom is 0.264 e. The molecule has 0 aliphatic carbocycles. The minimum atomic E-state index is -4.26. The smallest absolute Gasteiger partial charge is 0.264 e. The lowest BCUT2D eigenvalue weighted by atomic mass is 10.1. The van der Waals surface area contributed by atoms with Crippen molar-refractivity contribution in [3.05, 3.63) is 82.3 Å². The van der Waals surface area contributed by atoms with Crippen LogP contribution < -0.4 is 14.4 Å². The van der Waals surface area contributed by atoms with Crippen molar-refractivity contribution in [2.24, 2.45) is 0 Å².